The van der Waals surface area contributed by atoms with Crippen molar-refractivity contribution < 1.29 is 0 Å². The van der Waals surface area contributed by atoms with Gasteiger partial charge in [0.15, 0.2) is 0 Å². The monoisotopic (exact) mass is 240 g/mol. The topological polar surface area (TPSA) is 15.3 Å². The maximum absolute atomic E-state index is 3.66. The highest BCUT2D eigenvalue weighted by atomic mass is 15.1. The summed E-state index contributed by atoms with van der Waals surface area (Å²) in [4.78, 5) is 2.69. The number of rotatable bonds is 8. The molecule has 1 rings (SSSR count). The van der Waals surface area contributed by atoms with Crippen LogP contribution in [0.5, 0.6) is 0 Å². The van der Waals surface area contributed by atoms with Gasteiger partial charge in [-0.3, -0.25) is 0 Å². The standard InChI is InChI=1S/C15H32N2/c1-4-6-7-11-17-12-8-9-15(13-17)14(3)16-10-5-2/h14-16H,4-13H2,1-3H3. The van der Waals surface area contributed by atoms with Crippen LogP contribution in [0.3, 0.4) is 0 Å². The zero-order chi connectivity index (χ0) is 12.5. The van der Waals surface area contributed by atoms with Crippen LogP contribution < -0.4 is 5.32 Å². The molecule has 1 fully saturated rings. The molecule has 0 amide bonds. The van der Waals surface area contributed by atoms with Gasteiger partial charge in [-0.1, -0.05) is 26.7 Å². The first kappa shape index (κ1) is 15.0. The SMILES string of the molecule is CCCCCN1CCCC(C(C)NCCC)C1. The fourth-order valence-corrected chi connectivity index (χ4v) is 2.83. The fourth-order valence-electron chi connectivity index (χ4n) is 2.83. The number of piperidine rings is 1. The molecule has 102 valence electrons. The number of likely N-dealkylation sites (tertiary alicyclic amines) is 1. The van der Waals surface area contributed by atoms with E-state index in [1.807, 2.05) is 0 Å². The summed E-state index contributed by atoms with van der Waals surface area (Å²) in [6.07, 6.45) is 8.19. The van der Waals surface area contributed by atoms with Gasteiger partial charge in [0, 0.05) is 12.6 Å². The van der Waals surface area contributed by atoms with E-state index in [-0.39, 0.29) is 0 Å². The molecular weight excluding hydrogens is 208 g/mol. The van der Waals surface area contributed by atoms with E-state index in [0.29, 0.717) is 6.04 Å². The molecule has 1 heterocycles. The van der Waals surface area contributed by atoms with Crippen molar-refractivity contribution in [1.29, 1.82) is 0 Å². The van der Waals surface area contributed by atoms with Gasteiger partial charge in [0.2, 0.25) is 0 Å². The highest BCUT2D eigenvalue weighted by molar-refractivity contribution is 4.80. The van der Waals surface area contributed by atoms with Gasteiger partial charge in [0.1, 0.15) is 0 Å². The summed E-state index contributed by atoms with van der Waals surface area (Å²) in [5.74, 6) is 0.872. The van der Waals surface area contributed by atoms with Gasteiger partial charge < -0.3 is 10.2 Å². The highest BCUT2D eigenvalue weighted by Crippen LogP contribution is 2.20. The Balaban J connectivity index is 2.22. The molecule has 0 radical (unpaired) electrons. The molecule has 2 heteroatoms. The predicted molar refractivity (Wildman–Crippen MR) is 76.4 cm³/mol. The molecule has 0 aromatic rings. The van der Waals surface area contributed by atoms with Gasteiger partial charge in [-0.25, -0.2) is 0 Å². The Morgan fingerprint density at radius 1 is 1.24 bits per heavy atom. The van der Waals surface area contributed by atoms with Crippen molar-refractivity contribution in [2.45, 2.75) is 65.3 Å². The van der Waals surface area contributed by atoms with Crippen molar-refractivity contribution in [1.82, 2.24) is 10.2 Å². The van der Waals surface area contributed by atoms with Crippen LogP contribution in [0, 0.1) is 5.92 Å². The van der Waals surface area contributed by atoms with E-state index < -0.39 is 0 Å². The average Bonchev–Trinajstić information content (AvgIpc) is 2.36. The summed E-state index contributed by atoms with van der Waals surface area (Å²) >= 11 is 0. The number of hydrogen-bond donors (Lipinski definition) is 1. The smallest absolute Gasteiger partial charge is 0.00792 e. The van der Waals surface area contributed by atoms with E-state index in [2.05, 4.69) is 31.0 Å². The Bertz CT molecular complexity index is 182. The van der Waals surface area contributed by atoms with Gasteiger partial charge in [-0.15, -0.1) is 0 Å². The van der Waals surface area contributed by atoms with E-state index in [9.17, 15) is 0 Å². The first-order valence-electron chi connectivity index (χ1n) is 7.73. The molecule has 0 aliphatic carbocycles. The third-order valence-electron chi connectivity index (χ3n) is 4.04. The van der Waals surface area contributed by atoms with E-state index in [4.69, 9.17) is 0 Å². The van der Waals surface area contributed by atoms with Gasteiger partial charge in [-0.2, -0.15) is 0 Å². The average molecular weight is 240 g/mol. The molecule has 2 unspecified atom stereocenters. The summed E-state index contributed by atoms with van der Waals surface area (Å²) in [6.45, 7) is 12.1. The molecule has 1 N–H and O–H groups in total. The Labute approximate surface area is 108 Å². The minimum atomic E-state index is 0.698. The molecule has 0 bridgehead atoms. The molecule has 2 nitrogen and oxygen atoms in total. The second-order valence-corrected chi connectivity index (χ2v) is 5.65. The lowest BCUT2D eigenvalue weighted by Gasteiger charge is -2.36. The Morgan fingerprint density at radius 2 is 2.06 bits per heavy atom. The van der Waals surface area contributed by atoms with Crippen LogP contribution in [-0.4, -0.2) is 37.1 Å². The molecule has 2 atom stereocenters. The van der Waals surface area contributed by atoms with Gasteiger partial charge in [-0.05, 0) is 58.2 Å². The first-order chi connectivity index (χ1) is 8.27. The maximum atomic E-state index is 3.66. The molecule has 0 aromatic heterocycles. The van der Waals surface area contributed by atoms with Gasteiger partial charge in [0.25, 0.3) is 0 Å². The zero-order valence-electron chi connectivity index (χ0n) is 12.2. The number of nitrogens with zero attached hydrogens (tertiary/aromatic N) is 1. The van der Waals surface area contributed by atoms with Crippen molar-refractivity contribution in [2.24, 2.45) is 5.92 Å². The third kappa shape index (κ3) is 5.87. The first-order valence-corrected chi connectivity index (χ1v) is 7.73. The van der Waals surface area contributed by atoms with Gasteiger partial charge in [0.05, 0.1) is 0 Å². The molecule has 1 aliphatic rings. The van der Waals surface area contributed by atoms with Crippen LogP contribution in [-0.2, 0) is 0 Å². The predicted octanol–water partition coefficient (Wildman–Crippen LogP) is 3.28. The number of hydrogen-bond acceptors (Lipinski definition) is 2. The van der Waals surface area contributed by atoms with Crippen LogP contribution in [0.4, 0.5) is 0 Å². The van der Waals surface area contributed by atoms with E-state index in [1.165, 1.54) is 64.7 Å². The van der Waals surface area contributed by atoms with Crippen molar-refractivity contribution >= 4 is 0 Å². The van der Waals surface area contributed by atoms with E-state index >= 15 is 0 Å². The molecule has 0 saturated carbocycles. The molecular formula is C15H32N2. The second-order valence-electron chi connectivity index (χ2n) is 5.65. The lowest BCUT2D eigenvalue weighted by Crippen LogP contribution is -2.44. The number of nitrogens with one attached hydrogen (secondary N) is 1. The van der Waals surface area contributed by atoms with Crippen LogP contribution in [0.15, 0.2) is 0 Å². The van der Waals surface area contributed by atoms with Crippen LogP contribution in [0.25, 0.3) is 0 Å². The summed E-state index contributed by atoms with van der Waals surface area (Å²) in [5.41, 5.74) is 0. The second kappa shape index (κ2) is 8.93. The van der Waals surface area contributed by atoms with E-state index in [1.54, 1.807) is 0 Å². The third-order valence-corrected chi connectivity index (χ3v) is 4.04. The van der Waals surface area contributed by atoms with Crippen molar-refractivity contribution in [3.8, 4) is 0 Å². The number of unbranched alkanes of at least 4 members (excludes halogenated alkanes) is 2. The van der Waals surface area contributed by atoms with Crippen molar-refractivity contribution in [2.75, 3.05) is 26.2 Å². The maximum Gasteiger partial charge on any atom is 0.00792 e. The highest BCUT2D eigenvalue weighted by Gasteiger charge is 2.23. The van der Waals surface area contributed by atoms with Crippen molar-refractivity contribution in [3.05, 3.63) is 0 Å². The molecule has 0 spiro atoms. The Kier molecular flexibility index (Phi) is 7.87. The Morgan fingerprint density at radius 3 is 2.76 bits per heavy atom. The van der Waals surface area contributed by atoms with Crippen molar-refractivity contribution in [3.63, 3.8) is 0 Å². The summed E-state index contributed by atoms with van der Waals surface area (Å²) < 4.78 is 0. The minimum absolute atomic E-state index is 0.698. The van der Waals surface area contributed by atoms with Crippen LogP contribution in [0.2, 0.25) is 0 Å². The Hall–Kier alpha value is -0.0800. The van der Waals surface area contributed by atoms with E-state index in [0.717, 1.165) is 5.92 Å². The van der Waals surface area contributed by atoms with Crippen LogP contribution in [0.1, 0.15) is 59.3 Å². The normalized spacial score (nSPS) is 23.8. The largest absolute Gasteiger partial charge is 0.314 e. The van der Waals surface area contributed by atoms with Gasteiger partial charge >= 0.3 is 0 Å². The zero-order valence-corrected chi connectivity index (χ0v) is 12.2. The summed E-state index contributed by atoms with van der Waals surface area (Å²) in [7, 11) is 0. The fraction of sp³-hybridized carbons (Fsp3) is 1.00. The summed E-state index contributed by atoms with van der Waals surface area (Å²) in [5, 5.41) is 3.66. The lowest BCUT2D eigenvalue weighted by atomic mass is 9.91. The molecule has 0 aromatic carbocycles. The van der Waals surface area contributed by atoms with Crippen LogP contribution >= 0.6 is 0 Å². The molecule has 17 heavy (non-hydrogen) atoms. The minimum Gasteiger partial charge on any atom is -0.314 e. The summed E-state index contributed by atoms with van der Waals surface area (Å²) in [6, 6.07) is 0.698. The quantitative estimate of drug-likeness (QED) is 0.655. The molecule has 1 aliphatic heterocycles. The lowest BCUT2D eigenvalue weighted by molar-refractivity contribution is 0.149. The molecule has 1 saturated heterocycles.